The van der Waals surface area contributed by atoms with Gasteiger partial charge in [0.05, 0.1) is 11.0 Å². The second-order valence-electron chi connectivity index (χ2n) is 3.94. The zero-order chi connectivity index (χ0) is 14.4. The molecular formula is C12H16N2O5. The van der Waals surface area contributed by atoms with E-state index >= 15 is 0 Å². The van der Waals surface area contributed by atoms with E-state index in [4.69, 9.17) is 9.84 Å². The Kier molecular flexibility index (Phi) is 5.25. The molecule has 19 heavy (non-hydrogen) atoms. The first-order chi connectivity index (χ1) is 8.95. The van der Waals surface area contributed by atoms with E-state index in [0.29, 0.717) is 18.8 Å². The number of carboxylic acid groups (broad SMARTS) is 1. The molecular weight excluding hydrogens is 252 g/mol. The highest BCUT2D eigenvalue weighted by Crippen LogP contribution is 2.22. The molecule has 0 heterocycles. The SMILES string of the molecule is CCOC(C)CNc1ccc([N+](=O)[O-])c(C(=O)O)c1. The molecule has 1 aromatic carbocycles. The normalized spacial score (nSPS) is 11.9. The minimum Gasteiger partial charge on any atom is -0.477 e. The van der Waals surface area contributed by atoms with E-state index in [2.05, 4.69) is 5.32 Å². The van der Waals surface area contributed by atoms with Crippen LogP contribution in [0.4, 0.5) is 11.4 Å². The Bertz CT molecular complexity index is 475. The fourth-order valence-electron chi connectivity index (χ4n) is 1.58. The van der Waals surface area contributed by atoms with Crippen LogP contribution in [-0.4, -0.2) is 35.3 Å². The van der Waals surface area contributed by atoms with Gasteiger partial charge in [-0.25, -0.2) is 4.79 Å². The first-order valence-corrected chi connectivity index (χ1v) is 5.83. The Hall–Kier alpha value is -2.15. The number of nitro benzene ring substituents is 1. The van der Waals surface area contributed by atoms with Gasteiger partial charge in [0.25, 0.3) is 5.69 Å². The summed E-state index contributed by atoms with van der Waals surface area (Å²) in [4.78, 5) is 20.9. The molecule has 1 rings (SSSR count). The van der Waals surface area contributed by atoms with E-state index in [1.165, 1.54) is 18.2 Å². The van der Waals surface area contributed by atoms with Crippen molar-refractivity contribution >= 4 is 17.3 Å². The third-order valence-electron chi connectivity index (χ3n) is 2.47. The zero-order valence-corrected chi connectivity index (χ0v) is 10.8. The number of nitro groups is 1. The van der Waals surface area contributed by atoms with E-state index in [9.17, 15) is 14.9 Å². The standard InChI is InChI=1S/C12H16N2O5/c1-3-19-8(2)7-13-9-4-5-11(14(17)18)10(6-9)12(15)16/h4-6,8,13H,3,7H2,1-2H3,(H,15,16). The molecule has 0 aromatic heterocycles. The summed E-state index contributed by atoms with van der Waals surface area (Å²) in [7, 11) is 0. The van der Waals surface area contributed by atoms with Crippen molar-refractivity contribution in [1.29, 1.82) is 0 Å². The predicted octanol–water partition coefficient (Wildman–Crippen LogP) is 2.13. The number of anilines is 1. The van der Waals surface area contributed by atoms with E-state index in [1.54, 1.807) is 0 Å². The molecule has 104 valence electrons. The molecule has 0 radical (unpaired) electrons. The van der Waals surface area contributed by atoms with Gasteiger partial charge >= 0.3 is 5.97 Å². The van der Waals surface area contributed by atoms with Crippen molar-refractivity contribution in [3.63, 3.8) is 0 Å². The lowest BCUT2D eigenvalue weighted by molar-refractivity contribution is -0.385. The minimum atomic E-state index is -1.33. The minimum absolute atomic E-state index is 0.0338. The molecule has 0 amide bonds. The average Bonchev–Trinajstić information content (AvgIpc) is 2.36. The first kappa shape index (κ1) is 14.9. The molecule has 0 spiro atoms. The Morgan fingerprint density at radius 2 is 2.26 bits per heavy atom. The van der Waals surface area contributed by atoms with Crippen LogP contribution in [-0.2, 0) is 4.74 Å². The zero-order valence-electron chi connectivity index (χ0n) is 10.8. The number of benzene rings is 1. The van der Waals surface area contributed by atoms with Crippen LogP contribution in [0.5, 0.6) is 0 Å². The lowest BCUT2D eigenvalue weighted by Crippen LogP contribution is -2.20. The third kappa shape index (κ3) is 4.22. The van der Waals surface area contributed by atoms with Gasteiger partial charge in [-0.05, 0) is 26.0 Å². The quantitative estimate of drug-likeness (QED) is 0.580. The van der Waals surface area contributed by atoms with E-state index in [0.717, 1.165) is 0 Å². The van der Waals surface area contributed by atoms with Gasteiger partial charge in [0.1, 0.15) is 5.56 Å². The molecule has 1 aromatic rings. The van der Waals surface area contributed by atoms with Crippen molar-refractivity contribution in [2.45, 2.75) is 20.0 Å². The smallest absolute Gasteiger partial charge is 0.342 e. The Labute approximate surface area is 110 Å². The van der Waals surface area contributed by atoms with Crippen molar-refractivity contribution < 1.29 is 19.6 Å². The molecule has 2 N–H and O–H groups in total. The molecule has 0 aliphatic heterocycles. The second-order valence-corrected chi connectivity index (χ2v) is 3.94. The first-order valence-electron chi connectivity index (χ1n) is 5.83. The van der Waals surface area contributed by atoms with Crippen molar-refractivity contribution in [2.75, 3.05) is 18.5 Å². The predicted molar refractivity (Wildman–Crippen MR) is 69.6 cm³/mol. The van der Waals surface area contributed by atoms with Gasteiger partial charge in [-0.2, -0.15) is 0 Å². The lowest BCUT2D eigenvalue weighted by Gasteiger charge is -2.13. The van der Waals surface area contributed by atoms with Gasteiger partial charge in [-0.1, -0.05) is 0 Å². The molecule has 0 saturated carbocycles. The van der Waals surface area contributed by atoms with Crippen LogP contribution in [0.3, 0.4) is 0 Å². The maximum atomic E-state index is 11.0. The van der Waals surface area contributed by atoms with Crippen LogP contribution in [0.2, 0.25) is 0 Å². The van der Waals surface area contributed by atoms with Gasteiger partial charge < -0.3 is 15.2 Å². The molecule has 7 nitrogen and oxygen atoms in total. The lowest BCUT2D eigenvalue weighted by atomic mass is 10.1. The van der Waals surface area contributed by atoms with Gasteiger partial charge in [0.15, 0.2) is 0 Å². The van der Waals surface area contributed by atoms with Gasteiger partial charge in [0.2, 0.25) is 0 Å². The van der Waals surface area contributed by atoms with E-state index in [-0.39, 0.29) is 11.7 Å². The molecule has 1 unspecified atom stereocenters. The van der Waals surface area contributed by atoms with E-state index < -0.39 is 16.6 Å². The highest BCUT2D eigenvalue weighted by Gasteiger charge is 2.19. The van der Waals surface area contributed by atoms with Crippen LogP contribution in [0, 0.1) is 10.1 Å². The summed E-state index contributed by atoms with van der Waals surface area (Å²) >= 11 is 0. The van der Waals surface area contributed by atoms with Crippen molar-refractivity contribution in [3.05, 3.63) is 33.9 Å². The number of aromatic carboxylic acids is 1. The summed E-state index contributed by atoms with van der Waals surface area (Å²) in [5.74, 6) is -1.33. The fourth-order valence-corrected chi connectivity index (χ4v) is 1.58. The third-order valence-corrected chi connectivity index (χ3v) is 2.47. The fraction of sp³-hybridized carbons (Fsp3) is 0.417. The maximum absolute atomic E-state index is 11.0. The Morgan fingerprint density at radius 1 is 1.58 bits per heavy atom. The highest BCUT2D eigenvalue weighted by atomic mass is 16.6. The van der Waals surface area contributed by atoms with Crippen LogP contribution in [0.1, 0.15) is 24.2 Å². The van der Waals surface area contributed by atoms with Gasteiger partial charge in [-0.15, -0.1) is 0 Å². The molecule has 0 fully saturated rings. The molecule has 0 bridgehead atoms. The van der Waals surface area contributed by atoms with Crippen LogP contribution in [0.15, 0.2) is 18.2 Å². The molecule has 7 heteroatoms. The number of carbonyl (C=O) groups is 1. The number of hydrogen-bond acceptors (Lipinski definition) is 5. The van der Waals surface area contributed by atoms with Crippen LogP contribution in [0.25, 0.3) is 0 Å². The van der Waals surface area contributed by atoms with Gasteiger partial charge in [-0.3, -0.25) is 10.1 Å². The molecule has 0 aliphatic rings. The maximum Gasteiger partial charge on any atom is 0.342 e. The van der Waals surface area contributed by atoms with Gasteiger partial charge in [0, 0.05) is 24.9 Å². The summed E-state index contributed by atoms with van der Waals surface area (Å²) in [6.07, 6.45) is -0.0338. The highest BCUT2D eigenvalue weighted by molar-refractivity contribution is 5.93. The summed E-state index contributed by atoms with van der Waals surface area (Å²) in [5.41, 5.74) is -0.246. The Morgan fingerprint density at radius 3 is 2.79 bits per heavy atom. The van der Waals surface area contributed by atoms with Crippen molar-refractivity contribution in [2.24, 2.45) is 0 Å². The average molecular weight is 268 g/mol. The largest absolute Gasteiger partial charge is 0.477 e. The van der Waals surface area contributed by atoms with Crippen molar-refractivity contribution in [1.82, 2.24) is 0 Å². The van der Waals surface area contributed by atoms with Crippen molar-refractivity contribution in [3.8, 4) is 0 Å². The van der Waals surface area contributed by atoms with Crippen LogP contribution >= 0.6 is 0 Å². The summed E-state index contributed by atoms with van der Waals surface area (Å²) in [5, 5.41) is 22.6. The summed E-state index contributed by atoms with van der Waals surface area (Å²) in [6.45, 7) is 4.83. The summed E-state index contributed by atoms with van der Waals surface area (Å²) in [6, 6.07) is 3.90. The number of hydrogen-bond donors (Lipinski definition) is 2. The Balaban J connectivity index is 2.84. The molecule has 0 aliphatic carbocycles. The number of nitrogens with one attached hydrogen (secondary N) is 1. The summed E-state index contributed by atoms with van der Waals surface area (Å²) < 4.78 is 5.32. The topological polar surface area (TPSA) is 102 Å². The second kappa shape index (κ2) is 6.69. The number of rotatable bonds is 7. The monoisotopic (exact) mass is 268 g/mol. The number of carboxylic acids is 1. The molecule has 1 atom stereocenters. The molecule has 0 saturated heterocycles. The number of ether oxygens (including phenoxy) is 1. The van der Waals surface area contributed by atoms with E-state index in [1.807, 2.05) is 13.8 Å². The number of nitrogens with zero attached hydrogens (tertiary/aromatic N) is 1. The van der Waals surface area contributed by atoms with Crippen LogP contribution < -0.4 is 5.32 Å².